The van der Waals surface area contributed by atoms with Crippen molar-refractivity contribution in [3.63, 3.8) is 0 Å². The van der Waals surface area contributed by atoms with Crippen molar-refractivity contribution in [3.8, 4) is 6.07 Å². The number of carbonyl (C=O) groups excluding carboxylic acids is 1. The smallest absolute Gasteiger partial charge is 0.550 e. The number of carboxylic acids is 1. The Labute approximate surface area is 121 Å². The van der Waals surface area contributed by atoms with E-state index in [2.05, 4.69) is 6.07 Å². The standard InChI is InChI=1S/C9H13NO2.K/c10-7-9(6-8(11)12)4-2-1-3-5-9;/h1-6H2,(H,11,12);/q;+1/p-1. The zero-order chi connectivity index (χ0) is 9.03. The molecule has 1 aliphatic rings. The van der Waals surface area contributed by atoms with E-state index < -0.39 is 11.4 Å². The van der Waals surface area contributed by atoms with Crippen molar-refractivity contribution in [3.05, 3.63) is 0 Å². The Morgan fingerprint density at radius 3 is 2.31 bits per heavy atom. The molecule has 1 fully saturated rings. The first-order valence-corrected chi connectivity index (χ1v) is 4.30. The van der Waals surface area contributed by atoms with Crippen LogP contribution in [-0.4, -0.2) is 5.97 Å². The molecule has 0 aliphatic heterocycles. The Morgan fingerprint density at radius 2 is 1.92 bits per heavy atom. The Balaban J connectivity index is 0.00000144. The molecule has 66 valence electrons. The van der Waals surface area contributed by atoms with Crippen molar-refractivity contribution in [2.45, 2.75) is 38.5 Å². The maximum atomic E-state index is 10.4. The number of rotatable bonds is 2. The molecule has 0 saturated heterocycles. The third kappa shape index (κ3) is 4.09. The molecule has 0 radical (unpaired) electrons. The molecule has 0 aromatic carbocycles. The maximum Gasteiger partial charge on any atom is 1.00 e. The molecule has 3 nitrogen and oxygen atoms in total. The first-order valence-electron chi connectivity index (χ1n) is 4.30. The molecule has 1 saturated carbocycles. The van der Waals surface area contributed by atoms with Gasteiger partial charge < -0.3 is 9.90 Å². The summed E-state index contributed by atoms with van der Waals surface area (Å²) in [4.78, 5) is 10.4. The molecule has 0 unspecified atom stereocenters. The molecule has 1 aliphatic carbocycles. The molecular weight excluding hydrogens is 193 g/mol. The second-order valence-corrected chi connectivity index (χ2v) is 3.50. The molecule has 4 heteroatoms. The predicted molar refractivity (Wildman–Crippen MR) is 40.8 cm³/mol. The van der Waals surface area contributed by atoms with Crippen LogP contribution >= 0.6 is 0 Å². The topological polar surface area (TPSA) is 63.9 Å². The van der Waals surface area contributed by atoms with Crippen LogP contribution in [0.3, 0.4) is 0 Å². The van der Waals surface area contributed by atoms with Crippen molar-refractivity contribution in [2.75, 3.05) is 0 Å². The average Bonchev–Trinajstić information content (AvgIpc) is 2.05. The Morgan fingerprint density at radius 1 is 1.38 bits per heavy atom. The fourth-order valence-electron chi connectivity index (χ4n) is 1.83. The molecule has 0 N–H and O–H groups in total. The molecule has 0 atom stereocenters. The van der Waals surface area contributed by atoms with Gasteiger partial charge in [-0.05, 0) is 12.8 Å². The third-order valence-electron chi connectivity index (χ3n) is 2.53. The van der Waals surface area contributed by atoms with Gasteiger partial charge in [0.2, 0.25) is 0 Å². The second kappa shape index (κ2) is 6.15. The van der Waals surface area contributed by atoms with Gasteiger partial charge in [-0.1, -0.05) is 19.3 Å². The Hall–Kier alpha value is 0.596. The van der Waals surface area contributed by atoms with E-state index in [1.165, 1.54) is 0 Å². The maximum absolute atomic E-state index is 10.4. The fraction of sp³-hybridized carbons (Fsp3) is 0.778. The summed E-state index contributed by atoms with van der Waals surface area (Å²) in [5.41, 5.74) is -0.614. The van der Waals surface area contributed by atoms with Crippen molar-refractivity contribution < 1.29 is 61.3 Å². The van der Waals surface area contributed by atoms with Crippen LogP contribution in [0.25, 0.3) is 0 Å². The molecular formula is C9H12KNO2. The Kier molecular flexibility index (Phi) is 6.43. The number of carboxylic acid groups (broad SMARTS) is 1. The molecule has 0 aromatic heterocycles. The second-order valence-electron chi connectivity index (χ2n) is 3.50. The minimum atomic E-state index is -1.10. The van der Waals surface area contributed by atoms with Crippen LogP contribution in [0.2, 0.25) is 0 Å². The summed E-state index contributed by atoms with van der Waals surface area (Å²) in [5.74, 6) is -1.10. The number of hydrogen-bond donors (Lipinski definition) is 0. The summed E-state index contributed by atoms with van der Waals surface area (Å²) in [6.45, 7) is 0. The number of aliphatic carboxylic acids is 1. The normalized spacial score (nSPS) is 19.6. The van der Waals surface area contributed by atoms with Gasteiger partial charge in [0.1, 0.15) is 0 Å². The van der Waals surface area contributed by atoms with Gasteiger partial charge in [-0.3, -0.25) is 0 Å². The third-order valence-corrected chi connectivity index (χ3v) is 2.53. The van der Waals surface area contributed by atoms with Crippen LogP contribution in [0.1, 0.15) is 38.5 Å². The van der Waals surface area contributed by atoms with E-state index in [0.717, 1.165) is 32.1 Å². The van der Waals surface area contributed by atoms with Gasteiger partial charge in [-0.2, -0.15) is 5.26 Å². The van der Waals surface area contributed by atoms with Gasteiger partial charge in [0.25, 0.3) is 0 Å². The summed E-state index contributed by atoms with van der Waals surface area (Å²) in [6.07, 6.45) is 4.41. The minimum Gasteiger partial charge on any atom is -0.550 e. The molecule has 0 heterocycles. The summed E-state index contributed by atoms with van der Waals surface area (Å²) in [6, 6.07) is 2.13. The zero-order valence-electron chi connectivity index (χ0n) is 8.01. The van der Waals surface area contributed by atoms with Crippen LogP contribution in [0.5, 0.6) is 0 Å². The monoisotopic (exact) mass is 205 g/mol. The molecule has 0 amide bonds. The van der Waals surface area contributed by atoms with Crippen LogP contribution < -0.4 is 56.5 Å². The molecule has 1 rings (SSSR count). The summed E-state index contributed by atoms with van der Waals surface area (Å²) in [7, 11) is 0. The van der Waals surface area contributed by atoms with E-state index in [0.29, 0.717) is 0 Å². The number of carbonyl (C=O) groups is 1. The van der Waals surface area contributed by atoms with Gasteiger partial charge in [0, 0.05) is 12.4 Å². The molecule has 0 bridgehead atoms. The quantitative estimate of drug-likeness (QED) is 0.472. The van der Waals surface area contributed by atoms with E-state index in [1.807, 2.05) is 0 Å². The largest absolute Gasteiger partial charge is 1.00 e. The molecule has 13 heavy (non-hydrogen) atoms. The fourth-order valence-corrected chi connectivity index (χ4v) is 1.83. The van der Waals surface area contributed by atoms with E-state index >= 15 is 0 Å². The van der Waals surface area contributed by atoms with Gasteiger partial charge in [-0.25, -0.2) is 0 Å². The number of hydrogen-bond acceptors (Lipinski definition) is 3. The minimum absolute atomic E-state index is 0. The van der Waals surface area contributed by atoms with E-state index in [9.17, 15) is 9.90 Å². The van der Waals surface area contributed by atoms with Crippen LogP contribution in [0.4, 0.5) is 0 Å². The first-order chi connectivity index (χ1) is 5.68. The van der Waals surface area contributed by atoms with Crippen LogP contribution in [0.15, 0.2) is 0 Å². The van der Waals surface area contributed by atoms with Gasteiger partial charge in [0.05, 0.1) is 11.5 Å². The Bertz CT molecular complexity index is 216. The zero-order valence-corrected chi connectivity index (χ0v) is 11.1. The predicted octanol–water partition coefficient (Wildman–Crippen LogP) is -2.40. The SMILES string of the molecule is N#CC1(CC(=O)[O-])CCCCC1.[K+]. The van der Waals surface area contributed by atoms with Crippen molar-refractivity contribution in [1.29, 1.82) is 5.26 Å². The average molecular weight is 205 g/mol. The van der Waals surface area contributed by atoms with Crippen LogP contribution in [-0.2, 0) is 4.79 Å². The van der Waals surface area contributed by atoms with E-state index in [4.69, 9.17) is 5.26 Å². The number of nitriles is 1. The van der Waals surface area contributed by atoms with E-state index in [1.54, 1.807) is 0 Å². The van der Waals surface area contributed by atoms with Gasteiger partial charge >= 0.3 is 51.4 Å². The summed E-state index contributed by atoms with van der Waals surface area (Å²) in [5, 5.41) is 19.2. The first kappa shape index (κ1) is 13.6. The van der Waals surface area contributed by atoms with Gasteiger partial charge in [-0.15, -0.1) is 0 Å². The van der Waals surface area contributed by atoms with E-state index in [-0.39, 0.29) is 57.8 Å². The van der Waals surface area contributed by atoms with Crippen molar-refractivity contribution in [2.24, 2.45) is 5.41 Å². The van der Waals surface area contributed by atoms with Crippen molar-refractivity contribution in [1.82, 2.24) is 0 Å². The molecule has 0 aromatic rings. The summed E-state index contributed by atoms with van der Waals surface area (Å²) < 4.78 is 0. The number of nitrogens with zero attached hydrogens (tertiary/aromatic N) is 1. The molecule has 0 spiro atoms. The van der Waals surface area contributed by atoms with Gasteiger partial charge in [0.15, 0.2) is 0 Å². The van der Waals surface area contributed by atoms with Crippen molar-refractivity contribution >= 4 is 5.97 Å². The summed E-state index contributed by atoms with van der Waals surface area (Å²) >= 11 is 0. The van der Waals surface area contributed by atoms with Crippen LogP contribution in [0, 0.1) is 16.7 Å².